The van der Waals surface area contributed by atoms with Gasteiger partial charge in [-0.15, -0.1) is 0 Å². The molecule has 3 rings (SSSR count). The second kappa shape index (κ2) is 6.70. The van der Waals surface area contributed by atoms with Gasteiger partial charge in [-0.2, -0.15) is 8.42 Å². The van der Waals surface area contributed by atoms with Crippen molar-refractivity contribution >= 4 is 10.1 Å². The van der Waals surface area contributed by atoms with E-state index < -0.39 is 16.2 Å². The standard InChI is InChI=1S/C17H18O5S/c1-23(18,19)21-12-17(16-11-20-16)22-15-9-5-8-14(10-15)13-6-3-2-4-7-13/h2-10,16-17H,11-12H2,1H3/t16-,17?/m0/s1. The molecule has 6 heteroatoms. The largest absolute Gasteiger partial charge is 0.485 e. The molecule has 0 saturated carbocycles. The number of rotatable bonds is 7. The minimum atomic E-state index is -3.50. The molecule has 5 nitrogen and oxygen atoms in total. The van der Waals surface area contributed by atoms with Crippen molar-refractivity contribution in [3.05, 3.63) is 54.6 Å². The second-order valence-corrected chi connectivity index (χ2v) is 7.05. The van der Waals surface area contributed by atoms with Gasteiger partial charge in [0.1, 0.15) is 18.5 Å². The maximum absolute atomic E-state index is 11.2. The lowest BCUT2D eigenvalue weighted by Crippen LogP contribution is -2.30. The Morgan fingerprint density at radius 3 is 2.48 bits per heavy atom. The maximum atomic E-state index is 11.2. The Kier molecular flexibility index (Phi) is 4.66. The Morgan fingerprint density at radius 1 is 1.13 bits per heavy atom. The van der Waals surface area contributed by atoms with Gasteiger partial charge in [0.05, 0.1) is 12.9 Å². The molecule has 1 saturated heterocycles. The van der Waals surface area contributed by atoms with Crippen molar-refractivity contribution in [2.75, 3.05) is 19.5 Å². The summed E-state index contributed by atoms with van der Waals surface area (Å²) in [7, 11) is -3.50. The van der Waals surface area contributed by atoms with Crippen LogP contribution in [0.1, 0.15) is 0 Å². The molecule has 2 atom stereocenters. The topological polar surface area (TPSA) is 65.1 Å². The summed E-state index contributed by atoms with van der Waals surface area (Å²) in [5.41, 5.74) is 2.12. The smallest absolute Gasteiger partial charge is 0.264 e. The Morgan fingerprint density at radius 2 is 1.83 bits per heavy atom. The molecule has 0 aliphatic carbocycles. The van der Waals surface area contributed by atoms with Gasteiger partial charge in [0.15, 0.2) is 6.10 Å². The SMILES string of the molecule is CS(=O)(=O)OCC(Oc1cccc(-c2ccccc2)c1)[C@@H]1CO1. The highest BCUT2D eigenvalue weighted by Gasteiger charge is 2.35. The molecule has 1 heterocycles. The number of hydrogen-bond acceptors (Lipinski definition) is 5. The monoisotopic (exact) mass is 334 g/mol. The van der Waals surface area contributed by atoms with E-state index in [-0.39, 0.29) is 12.7 Å². The second-order valence-electron chi connectivity index (χ2n) is 5.41. The van der Waals surface area contributed by atoms with Crippen LogP contribution >= 0.6 is 0 Å². The first kappa shape index (κ1) is 16.0. The normalized spacial score (nSPS) is 18.4. The van der Waals surface area contributed by atoms with Crippen LogP contribution in [0.25, 0.3) is 11.1 Å². The van der Waals surface area contributed by atoms with Crippen LogP contribution in [0.5, 0.6) is 5.75 Å². The van der Waals surface area contributed by atoms with Crippen molar-refractivity contribution in [2.45, 2.75) is 12.2 Å². The van der Waals surface area contributed by atoms with E-state index in [1.807, 2.05) is 54.6 Å². The lowest BCUT2D eigenvalue weighted by molar-refractivity contribution is 0.104. The molecule has 2 aromatic rings. The van der Waals surface area contributed by atoms with Crippen LogP contribution in [0.15, 0.2) is 54.6 Å². The molecule has 1 unspecified atom stereocenters. The molecule has 1 fully saturated rings. The first-order chi connectivity index (χ1) is 11.0. The number of hydrogen-bond donors (Lipinski definition) is 0. The summed E-state index contributed by atoms with van der Waals surface area (Å²) in [4.78, 5) is 0. The quantitative estimate of drug-likeness (QED) is 0.575. The van der Waals surface area contributed by atoms with Crippen LogP contribution in [0.4, 0.5) is 0 Å². The van der Waals surface area contributed by atoms with Gasteiger partial charge < -0.3 is 9.47 Å². The summed E-state index contributed by atoms with van der Waals surface area (Å²) in [6.07, 6.45) is 0.446. The van der Waals surface area contributed by atoms with E-state index in [1.54, 1.807) is 0 Å². The highest BCUT2D eigenvalue weighted by atomic mass is 32.2. The molecule has 0 radical (unpaired) electrons. The summed E-state index contributed by atoms with van der Waals surface area (Å²) in [6.45, 7) is 0.495. The van der Waals surface area contributed by atoms with Gasteiger partial charge in [0.25, 0.3) is 10.1 Å². The summed E-state index contributed by atoms with van der Waals surface area (Å²) in [5, 5.41) is 0. The molecule has 0 aromatic heterocycles. The average Bonchev–Trinajstić information content (AvgIpc) is 3.36. The van der Waals surface area contributed by atoms with Crippen molar-refractivity contribution in [1.82, 2.24) is 0 Å². The van der Waals surface area contributed by atoms with Crippen LogP contribution in [-0.2, 0) is 19.0 Å². The third-order valence-corrected chi connectivity index (χ3v) is 4.01. The Hall–Kier alpha value is -1.89. The number of benzene rings is 2. The molecular formula is C17H18O5S. The van der Waals surface area contributed by atoms with Gasteiger partial charge in [-0.3, -0.25) is 4.18 Å². The molecule has 1 aliphatic heterocycles. The third kappa shape index (κ3) is 4.79. The van der Waals surface area contributed by atoms with Crippen molar-refractivity contribution in [1.29, 1.82) is 0 Å². The van der Waals surface area contributed by atoms with Crippen LogP contribution in [0, 0.1) is 0 Å². The van der Waals surface area contributed by atoms with E-state index in [2.05, 4.69) is 0 Å². The van der Waals surface area contributed by atoms with Gasteiger partial charge in [0.2, 0.25) is 0 Å². The molecule has 0 spiro atoms. The lowest BCUT2D eigenvalue weighted by Gasteiger charge is -2.17. The number of ether oxygens (including phenoxy) is 2. The van der Waals surface area contributed by atoms with E-state index >= 15 is 0 Å². The maximum Gasteiger partial charge on any atom is 0.264 e. The zero-order chi connectivity index (χ0) is 16.3. The highest BCUT2D eigenvalue weighted by Crippen LogP contribution is 2.26. The van der Waals surface area contributed by atoms with E-state index in [1.165, 1.54) is 0 Å². The van der Waals surface area contributed by atoms with Crippen molar-refractivity contribution in [2.24, 2.45) is 0 Å². The molecule has 0 N–H and O–H groups in total. The molecule has 23 heavy (non-hydrogen) atoms. The summed E-state index contributed by atoms with van der Waals surface area (Å²) >= 11 is 0. The summed E-state index contributed by atoms with van der Waals surface area (Å²) < 4.78 is 38.3. The van der Waals surface area contributed by atoms with Gasteiger partial charge in [-0.05, 0) is 23.3 Å². The van der Waals surface area contributed by atoms with Crippen molar-refractivity contribution < 1.29 is 22.1 Å². The van der Waals surface area contributed by atoms with Gasteiger partial charge in [-0.25, -0.2) is 0 Å². The fraction of sp³-hybridized carbons (Fsp3) is 0.294. The zero-order valence-corrected chi connectivity index (χ0v) is 13.5. The average molecular weight is 334 g/mol. The molecule has 122 valence electrons. The van der Waals surface area contributed by atoms with E-state index in [4.69, 9.17) is 13.7 Å². The number of epoxide rings is 1. The Labute approximate surface area is 135 Å². The highest BCUT2D eigenvalue weighted by molar-refractivity contribution is 7.85. The first-order valence-corrected chi connectivity index (χ1v) is 9.11. The molecule has 1 aliphatic rings. The minimum Gasteiger partial charge on any atom is -0.485 e. The van der Waals surface area contributed by atoms with Crippen molar-refractivity contribution in [3.63, 3.8) is 0 Å². The molecular weight excluding hydrogens is 316 g/mol. The van der Waals surface area contributed by atoms with E-state index in [0.29, 0.717) is 12.4 Å². The Balaban J connectivity index is 1.73. The molecule has 0 amide bonds. The van der Waals surface area contributed by atoms with E-state index in [0.717, 1.165) is 17.4 Å². The fourth-order valence-corrected chi connectivity index (χ4v) is 2.61. The van der Waals surface area contributed by atoms with Gasteiger partial charge in [0, 0.05) is 0 Å². The van der Waals surface area contributed by atoms with Crippen LogP contribution in [0.2, 0.25) is 0 Å². The molecule has 2 aromatic carbocycles. The molecule has 0 bridgehead atoms. The summed E-state index contributed by atoms with van der Waals surface area (Å²) in [5.74, 6) is 0.656. The third-order valence-electron chi connectivity index (χ3n) is 3.45. The van der Waals surface area contributed by atoms with E-state index in [9.17, 15) is 8.42 Å². The zero-order valence-electron chi connectivity index (χ0n) is 12.7. The van der Waals surface area contributed by atoms with Gasteiger partial charge >= 0.3 is 0 Å². The predicted octanol–water partition coefficient (Wildman–Crippen LogP) is 2.48. The summed E-state index contributed by atoms with van der Waals surface area (Å²) in [6, 6.07) is 17.6. The van der Waals surface area contributed by atoms with Crippen LogP contribution in [-0.4, -0.2) is 40.1 Å². The van der Waals surface area contributed by atoms with Crippen molar-refractivity contribution in [3.8, 4) is 16.9 Å². The minimum absolute atomic E-state index is 0.0565. The first-order valence-electron chi connectivity index (χ1n) is 7.29. The Bertz CT molecular complexity index is 754. The predicted molar refractivity (Wildman–Crippen MR) is 86.8 cm³/mol. The van der Waals surface area contributed by atoms with Crippen LogP contribution < -0.4 is 4.74 Å². The van der Waals surface area contributed by atoms with Crippen LogP contribution in [0.3, 0.4) is 0 Å². The fourth-order valence-electron chi connectivity index (χ4n) is 2.23. The lowest BCUT2D eigenvalue weighted by atomic mass is 10.1. The van der Waals surface area contributed by atoms with Gasteiger partial charge in [-0.1, -0.05) is 42.5 Å².